The Hall–Kier alpha value is -2.04. The SMILES string of the molecule is CCN(CC)C(=O)C(C)OC(=O)c1cc(C)cc(N)c1. The maximum atomic E-state index is 12.0. The summed E-state index contributed by atoms with van der Waals surface area (Å²) < 4.78 is 5.21. The van der Waals surface area contributed by atoms with Crippen molar-refractivity contribution < 1.29 is 14.3 Å². The van der Waals surface area contributed by atoms with Crippen LogP contribution in [0, 0.1) is 6.92 Å². The van der Waals surface area contributed by atoms with Crippen molar-refractivity contribution in [3.05, 3.63) is 29.3 Å². The van der Waals surface area contributed by atoms with E-state index in [4.69, 9.17) is 10.5 Å². The topological polar surface area (TPSA) is 72.6 Å². The quantitative estimate of drug-likeness (QED) is 0.660. The van der Waals surface area contributed by atoms with Crippen LogP contribution in [-0.2, 0) is 9.53 Å². The van der Waals surface area contributed by atoms with Crippen LogP contribution in [0.3, 0.4) is 0 Å². The van der Waals surface area contributed by atoms with E-state index in [0.717, 1.165) is 5.56 Å². The molecule has 20 heavy (non-hydrogen) atoms. The van der Waals surface area contributed by atoms with Crippen LogP contribution in [0.15, 0.2) is 18.2 Å². The number of ether oxygens (including phenoxy) is 1. The van der Waals surface area contributed by atoms with E-state index >= 15 is 0 Å². The number of carbonyl (C=O) groups excluding carboxylic acids is 2. The second kappa shape index (κ2) is 6.93. The predicted octanol–water partition coefficient (Wildman–Crippen LogP) is 1.99. The second-order valence-corrected chi connectivity index (χ2v) is 4.69. The lowest BCUT2D eigenvalue weighted by Crippen LogP contribution is -2.39. The highest BCUT2D eigenvalue weighted by atomic mass is 16.5. The van der Waals surface area contributed by atoms with Gasteiger partial charge in [-0.15, -0.1) is 0 Å². The molecule has 0 radical (unpaired) electrons. The van der Waals surface area contributed by atoms with Crippen molar-refractivity contribution in [3.8, 4) is 0 Å². The Bertz CT molecular complexity index is 476. The van der Waals surface area contributed by atoms with E-state index in [9.17, 15) is 9.59 Å². The van der Waals surface area contributed by atoms with Gasteiger partial charge in [-0.3, -0.25) is 4.79 Å². The van der Waals surface area contributed by atoms with Gasteiger partial charge in [0.25, 0.3) is 5.91 Å². The van der Waals surface area contributed by atoms with Gasteiger partial charge >= 0.3 is 5.97 Å². The van der Waals surface area contributed by atoms with Gasteiger partial charge in [-0.2, -0.15) is 0 Å². The third-order valence-corrected chi connectivity index (χ3v) is 3.04. The number of esters is 1. The molecule has 0 saturated carbocycles. The van der Waals surface area contributed by atoms with Crippen LogP contribution in [0.2, 0.25) is 0 Å². The highest BCUT2D eigenvalue weighted by Crippen LogP contribution is 2.13. The van der Waals surface area contributed by atoms with Crippen LogP contribution in [0.4, 0.5) is 5.69 Å². The molecule has 2 N–H and O–H groups in total. The number of nitrogen functional groups attached to an aromatic ring is 1. The number of rotatable bonds is 5. The molecule has 0 aromatic heterocycles. The molecule has 5 heteroatoms. The Morgan fingerprint density at radius 3 is 2.35 bits per heavy atom. The number of aryl methyl sites for hydroxylation is 1. The molecule has 0 aliphatic rings. The van der Waals surface area contributed by atoms with Gasteiger partial charge < -0.3 is 15.4 Å². The zero-order valence-corrected chi connectivity index (χ0v) is 12.5. The summed E-state index contributed by atoms with van der Waals surface area (Å²) in [5.41, 5.74) is 7.43. The van der Waals surface area contributed by atoms with Crippen LogP contribution in [0.25, 0.3) is 0 Å². The van der Waals surface area contributed by atoms with Crippen LogP contribution in [0.5, 0.6) is 0 Å². The Labute approximate surface area is 119 Å². The number of hydrogen-bond donors (Lipinski definition) is 1. The molecule has 0 fully saturated rings. The highest BCUT2D eigenvalue weighted by Gasteiger charge is 2.22. The fourth-order valence-electron chi connectivity index (χ4n) is 2.00. The monoisotopic (exact) mass is 278 g/mol. The Balaban J connectivity index is 2.77. The number of nitrogens with zero attached hydrogens (tertiary/aromatic N) is 1. The summed E-state index contributed by atoms with van der Waals surface area (Å²) in [6.07, 6.45) is -0.802. The van der Waals surface area contributed by atoms with Crippen molar-refractivity contribution in [3.63, 3.8) is 0 Å². The van der Waals surface area contributed by atoms with E-state index < -0.39 is 12.1 Å². The number of nitrogens with two attached hydrogens (primary N) is 1. The molecule has 1 aromatic rings. The summed E-state index contributed by atoms with van der Waals surface area (Å²) >= 11 is 0. The fourth-order valence-corrected chi connectivity index (χ4v) is 2.00. The number of likely N-dealkylation sites (N-methyl/N-ethyl adjacent to an activating group) is 1. The summed E-state index contributed by atoms with van der Waals surface area (Å²) in [4.78, 5) is 25.7. The number of amides is 1. The molecule has 1 rings (SSSR count). The van der Waals surface area contributed by atoms with Crippen molar-refractivity contribution in [1.82, 2.24) is 4.90 Å². The smallest absolute Gasteiger partial charge is 0.338 e. The third-order valence-electron chi connectivity index (χ3n) is 3.04. The maximum absolute atomic E-state index is 12.0. The molecule has 0 spiro atoms. The average molecular weight is 278 g/mol. The first-order valence-corrected chi connectivity index (χ1v) is 6.76. The number of anilines is 1. The summed E-state index contributed by atoms with van der Waals surface area (Å²) in [6.45, 7) is 8.38. The van der Waals surface area contributed by atoms with E-state index in [0.29, 0.717) is 24.3 Å². The van der Waals surface area contributed by atoms with Crippen molar-refractivity contribution >= 4 is 17.6 Å². The van der Waals surface area contributed by atoms with Crippen LogP contribution >= 0.6 is 0 Å². The largest absolute Gasteiger partial charge is 0.449 e. The van der Waals surface area contributed by atoms with Gasteiger partial charge in [-0.1, -0.05) is 0 Å². The average Bonchev–Trinajstić information content (AvgIpc) is 2.38. The minimum atomic E-state index is -0.802. The van der Waals surface area contributed by atoms with Crippen LogP contribution in [-0.4, -0.2) is 36.0 Å². The molecule has 0 heterocycles. The standard InChI is InChI=1S/C15H22N2O3/c1-5-17(6-2)14(18)11(4)20-15(19)12-7-10(3)8-13(16)9-12/h7-9,11H,5-6,16H2,1-4H3. The van der Waals surface area contributed by atoms with Gasteiger partial charge in [0.2, 0.25) is 0 Å². The molecule has 110 valence electrons. The first kappa shape index (κ1) is 16.0. The maximum Gasteiger partial charge on any atom is 0.338 e. The minimum absolute atomic E-state index is 0.191. The predicted molar refractivity (Wildman–Crippen MR) is 78.4 cm³/mol. The van der Waals surface area contributed by atoms with Gasteiger partial charge in [0.05, 0.1) is 5.56 Å². The minimum Gasteiger partial charge on any atom is -0.449 e. The lowest BCUT2D eigenvalue weighted by molar-refractivity contribution is -0.139. The first-order valence-electron chi connectivity index (χ1n) is 6.76. The highest BCUT2D eigenvalue weighted by molar-refractivity contribution is 5.93. The molecule has 0 bridgehead atoms. The molecular weight excluding hydrogens is 256 g/mol. The van der Waals surface area contributed by atoms with Gasteiger partial charge in [0.15, 0.2) is 6.10 Å². The van der Waals surface area contributed by atoms with E-state index in [-0.39, 0.29) is 5.91 Å². The molecule has 1 unspecified atom stereocenters. The second-order valence-electron chi connectivity index (χ2n) is 4.69. The number of carbonyl (C=O) groups is 2. The van der Waals surface area contributed by atoms with Gasteiger partial charge in [-0.25, -0.2) is 4.79 Å². The Kier molecular flexibility index (Phi) is 5.55. The molecular formula is C15H22N2O3. The van der Waals surface area contributed by atoms with E-state index in [1.807, 2.05) is 20.8 Å². The molecule has 1 amide bonds. The molecule has 0 aliphatic heterocycles. The summed E-state index contributed by atoms with van der Waals surface area (Å²) in [5.74, 6) is -0.725. The summed E-state index contributed by atoms with van der Waals surface area (Å²) in [6, 6.07) is 5.00. The van der Waals surface area contributed by atoms with Crippen LogP contribution < -0.4 is 5.73 Å². The van der Waals surface area contributed by atoms with Gasteiger partial charge in [0.1, 0.15) is 0 Å². The summed E-state index contributed by atoms with van der Waals surface area (Å²) in [5, 5.41) is 0. The molecule has 0 saturated heterocycles. The third kappa shape index (κ3) is 3.98. The zero-order chi connectivity index (χ0) is 15.3. The van der Waals surface area contributed by atoms with Crippen molar-refractivity contribution in [2.24, 2.45) is 0 Å². The molecule has 5 nitrogen and oxygen atoms in total. The van der Waals surface area contributed by atoms with Crippen molar-refractivity contribution in [2.75, 3.05) is 18.8 Å². The van der Waals surface area contributed by atoms with Crippen molar-refractivity contribution in [2.45, 2.75) is 33.8 Å². The number of benzene rings is 1. The lowest BCUT2D eigenvalue weighted by atomic mass is 10.1. The molecule has 1 aromatic carbocycles. The Morgan fingerprint density at radius 1 is 1.25 bits per heavy atom. The summed E-state index contributed by atoms with van der Waals surface area (Å²) in [7, 11) is 0. The lowest BCUT2D eigenvalue weighted by Gasteiger charge is -2.22. The molecule has 0 aliphatic carbocycles. The normalized spacial score (nSPS) is 11.8. The Morgan fingerprint density at radius 2 is 1.85 bits per heavy atom. The van der Waals surface area contributed by atoms with Crippen molar-refractivity contribution in [1.29, 1.82) is 0 Å². The van der Waals surface area contributed by atoms with Gasteiger partial charge in [0, 0.05) is 18.8 Å². The fraction of sp³-hybridized carbons (Fsp3) is 0.467. The van der Waals surface area contributed by atoms with E-state index in [1.165, 1.54) is 0 Å². The van der Waals surface area contributed by atoms with E-state index in [1.54, 1.807) is 30.0 Å². The van der Waals surface area contributed by atoms with Crippen LogP contribution in [0.1, 0.15) is 36.7 Å². The molecule has 1 atom stereocenters. The van der Waals surface area contributed by atoms with E-state index in [2.05, 4.69) is 0 Å². The first-order chi connectivity index (χ1) is 9.38. The zero-order valence-electron chi connectivity index (χ0n) is 12.5. The van der Waals surface area contributed by atoms with Gasteiger partial charge in [-0.05, 0) is 51.5 Å². The number of hydrogen-bond acceptors (Lipinski definition) is 4.